The predicted octanol–water partition coefficient (Wildman–Crippen LogP) is 3.51. The maximum absolute atomic E-state index is 12.3. The Labute approximate surface area is 129 Å². The highest BCUT2D eigenvalue weighted by Gasteiger charge is 2.27. The lowest BCUT2D eigenvalue weighted by molar-refractivity contribution is -0.384. The smallest absolute Gasteiger partial charge is 0.269 e. The molecule has 2 aromatic carbocycles. The zero-order valence-electron chi connectivity index (χ0n) is 11.0. The van der Waals surface area contributed by atoms with Crippen LogP contribution >= 0.6 is 15.9 Å². The molecule has 0 aliphatic carbocycles. The van der Waals surface area contributed by atoms with Gasteiger partial charge in [-0.2, -0.15) is 0 Å². The highest BCUT2D eigenvalue weighted by atomic mass is 79.9. The molecule has 0 spiro atoms. The summed E-state index contributed by atoms with van der Waals surface area (Å²) in [7, 11) is 0. The molecule has 106 valence electrons. The molecule has 1 aliphatic rings. The monoisotopic (exact) mass is 346 g/mol. The zero-order chi connectivity index (χ0) is 15.0. The van der Waals surface area contributed by atoms with E-state index in [4.69, 9.17) is 0 Å². The molecule has 1 aliphatic heterocycles. The molecule has 0 fully saturated rings. The fraction of sp³-hybridized carbons (Fsp3) is 0.133. The highest BCUT2D eigenvalue weighted by Crippen LogP contribution is 2.27. The first-order valence-corrected chi connectivity index (χ1v) is 7.15. The molecule has 1 heterocycles. The first kappa shape index (κ1) is 13.8. The van der Waals surface area contributed by atoms with Gasteiger partial charge in [-0.1, -0.05) is 28.1 Å². The summed E-state index contributed by atoms with van der Waals surface area (Å²) in [6, 6.07) is 12.0. The first-order valence-electron chi connectivity index (χ1n) is 6.35. The van der Waals surface area contributed by atoms with Crippen LogP contribution in [0.3, 0.4) is 0 Å². The second-order valence-corrected chi connectivity index (χ2v) is 5.81. The highest BCUT2D eigenvalue weighted by molar-refractivity contribution is 9.10. The Morgan fingerprint density at radius 1 is 1.24 bits per heavy atom. The molecule has 0 saturated heterocycles. The summed E-state index contributed by atoms with van der Waals surface area (Å²) in [5, 5.41) is 10.8. The van der Waals surface area contributed by atoms with Crippen LogP contribution in [0.25, 0.3) is 0 Å². The van der Waals surface area contributed by atoms with Gasteiger partial charge in [-0.25, -0.2) is 0 Å². The van der Waals surface area contributed by atoms with Crippen molar-refractivity contribution in [1.82, 2.24) is 4.90 Å². The normalized spacial score (nSPS) is 13.4. The lowest BCUT2D eigenvalue weighted by atomic mass is 10.1. The number of amides is 1. The summed E-state index contributed by atoms with van der Waals surface area (Å²) in [6.07, 6.45) is 0. The number of hydrogen-bond donors (Lipinski definition) is 0. The van der Waals surface area contributed by atoms with Crippen molar-refractivity contribution in [1.29, 1.82) is 0 Å². The third-order valence-electron chi connectivity index (χ3n) is 3.44. The number of benzene rings is 2. The van der Waals surface area contributed by atoms with E-state index in [2.05, 4.69) is 15.9 Å². The fourth-order valence-corrected chi connectivity index (χ4v) is 2.87. The standard InChI is InChI=1S/C15H11BrN2O3/c16-12-4-5-14-11(7-12)9-17(15(14)19)8-10-2-1-3-13(6-10)18(20)21/h1-7H,8-9H2. The number of nitro groups is 1. The summed E-state index contributed by atoms with van der Waals surface area (Å²) in [4.78, 5) is 24.4. The number of halogens is 1. The van der Waals surface area contributed by atoms with Crippen LogP contribution in [-0.2, 0) is 13.1 Å². The summed E-state index contributed by atoms with van der Waals surface area (Å²) < 4.78 is 0.936. The van der Waals surface area contributed by atoms with E-state index in [1.165, 1.54) is 12.1 Å². The van der Waals surface area contributed by atoms with Crippen molar-refractivity contribution in [2.75, 3.05) is 0 Å². The molecule has 0 atom stereocenters. The molecular formula is C15H11BrN2O3. The number of non-ortho nitro benzene ring substituents is 1. The van der Waals surface area contributed by atoms with E-state index in [0.717, 1.165) is 15.6 Å². The summed E-state index contributed by atoms with van der Waals surface area (Å²) in [5.41, 5.74) is 2.47. The minimum absolute atomic E-state index is 0.0380. The van der Waals surface area contributed by atoms with E-state index in [1.54, 1.807) is 23.1 Å². The van der Waals surface area contributed by atoms with Crippen LogP contribution in [0, 0.1) is 10.1 Å². The van der Waals surface area contributed by atoms with Gasteiger partial charge in [-0.3, -0.25) is 14.9 Å². The average molecular weight is 347 g/mol. The molecule has 3 rings (SSSR count). The Balaban J connectivity index is 1.83. The summed E-state index contributed by atoms with van der Waals surface area (Å²) in [6.45, 7) is 0.892. The van der Waals surface area contributed by atoms with E-state index in [0.29, 0.717) is 18.7 Å². The van der Waals surface area contributed by atoms with Crippen molar-refractivity contribution in [2.45, 2.75) is 13.1 Å². The van der Waals surface area contributed by atoms with Crippen LogP contribution in [0.4, 0.5) is 5.69 Å². The van der Waals surface area contributed by atoms with E-state index < -0.39 is 4.92 Å². The quantitative estimate of drug-likeness (QED) is 0.630. The first-order chi connectivity index (χ1) is 10.0. The number of nitro benzene ring substituents is 1. The van der Waals surface area contributed by atoms with Gasteiger partial charge >= 0.3 is 0 Å². The summed E-state index contributed by atoms with van der Waals surface area (Å²) >= 11 is 3.39. The number of rotatable bonds is 3. The Morgan fingerprint density at radius 3 is 2.81 bits per heavy atom. The molecule has 0 bridgehead atoms. The summed E-state index contributed by atoms with van der Waals surface area (Å²) in [5.74, 6) is -0.0380. The molecule has 6 heteroatoms. The van der Waals surface area contributed by atoms with Crippen LogP contribution in [0.2, 0.25) is 0 Å². The molecule has 21 heavy (non-hydrogen) atoms. The van der Waals surface area contributed by atoms with Gasteiger partial charge in [-0.15, -0.1) is 0 Å². The van der Waals surface area contributed by atoms with Gasteiger partial charge in [0.25, 0.3) is 11.6 Å². The lowest BCUT2D eigenvalue weighted by Gasteiger charge is -2.15. The Bertz CT molecular complexity index is 745. The van der Waals surface area contributed by atoms with Crippen LogP contribution < -0.4 is 0 Å². The minimum atomic E-state index is -0.429. The maximum atomic E-state index is 12.3. The molecule has 0 aromatic heterocycles. The van der Waals surface area contributed by atoms with Crippen molar-refractivity contribution in [3.8, 4) is 0 Å². The van der Waals surface area contributed by atoms with Crippen LogP contribution in [0.1, 0.15) is 21.5 Å². The van der Waals surface area contributed by atoms with Gasteiger partial charge < -0.3 is 4.90 Å². The largest absolute Gasteiger partial charge is 0.330 e. The van der Waals surface area contributed by atoms with Gasteiger partial charge in [0, 0.05) is 35.3 Å². The third-order valence-corrected chi connectivity index (χ3v) is 3.93. The molecule has 0 unspecified atom stereocenters. The topological polar surface area (TPSA) is 63.5 Å². The molecule has 5 nitrogen and oxygen atoms in total. The minimum Gasteiger partial charge on any atom is -0.330 e. The molecular weight excluding hydrogens is 336 g/mol. The molecule has 0 radical (unpaired) electrons. The van der Waals surface area contributed by atoms with Gasteiger partial charge in [0.15, 0.2) is 0 Å². The number of nitrogens with zero attached hydrogens (tertiary/aromatic N) is 2. The number of hydrogen-bond acceptors (Lipinski definition) is 3. The predicted molar refractivity (Wildman–Crippen MR) is 80.8 cm³/mol. The fourth-order valence-electron chi connectivity index (χ4n) is 2.47. The number of carbonyl (C=O) groups is 1. The van der Waals surface area contributed by atoms with Gasteiger partial charge in [-0.05, 0) is 29.3 Å². The van der Waals surface area contributed by atoms with Crippen molar-refractivity contribution in [3.63, 3.8) is 0 Å². The molecule has 0 saturated carbocycles. The van der Waals surface area contributed by atoms with E-state index in [1.807, 2.05) is 12.1 Å². The third kappa shape index (κ3) is 2.67. The second-order valence-electron chi connectivity index (χ2n) is 4.89. The van der Waals surface area contributed by atoms with Gasteiger partial charge in [0.2, 0.25) is 0 Å². The molecule has 1 amide bonds. The van der Waals surface area contributed by atoms with Crippen molar-refractivity contribution in [3.05, 3.63) is 73.7 Å². The zero-order valence-corrected chi connectivity index (χ0v) is 12.5. The Hall–Kier alpha value is -2.21. The van der Waals surface area contributed by atoms with Crippen LogP contribution in [0.5, 0.6) is 0 Å². The SMILES string of the molecule is O=C1c2ccc(Br)cc2CN1Cc1cccc([N+](=O)[O-])c1. The van der Waals surface area contributed by atoms with E-state index >= 15 is 0 Å². The van der Waals surface area contributed by atoms with Crippen LogP contribution in [0.15, 0.2) is 46.9 Å². The average Bonchev–Trinajstić information content (AvgIpc) is 2.75. The Morgan fingerprint density at radius 2 is 2.05 bits per heavy atom. The lowest BCUT2D eigenvalue weighted by Crippen LogP contribution is -2.23. The van der Waals surface area contributed by atoms with Crippen molar-refractivity contribution >= 4 is 27.5 Å². The van der Waals surface area contributed by atoms with Gasteiger partial charge in [0.05, 0.1) is 4.92 Å². The second kappa shape index (κ2) is 5.29. The van der Waals surface area contributed by atoms with Crippen molar-refractivity contribution in [2.24, 2.45) is 0 Å². The molecule has 0 N–H and O–H groups in total. The number of carbonyl (C=O) groups excluding carboxylic acids is 1. The Kier molecular flexibility index (Phi) is 3.47. The van der Waals surface area contributed by atoms with E-state index in [9.17, 15) is 14.9 Å². The number of fused-ring (bicyclic) bond motifs is 1. The van der Waals surface area contributed by atoms with Crippen LogP contribution in [-0.4, -0.2) is 15.7 Å². The molecule has 2 aromatic rings. The van der Waals surface area contributed by atoms with Gasteiger partial charge in [0.1, 0.15) is 0 Å². The van der Waals surface area contributed by atoms with E-state index in [-0.39, 0.29) is 11.6 Å². The maximum Gasteiger partial charge on any atom is 0.269 e. The van der Waals surface area contributed by atoms with Crippen molar-refractivity contribution < 1.29 is 9.72 Å².